The Balaban J connectivity index is 2.64. The number of aromatic nitrogens is 2. The molecule has 1 heterocycles. The molecule has 1 unspecified atom stereocenters. The Kier molecular flexibility index (Phi) is 6.95. The van der Waals surface area contributed by atoms with Crippen LogP contribution >= 0.6 is 0 Å². The van der Waals surface area contributed by atoms with Gasteiger partial charge in [0.1, 0.15) is 6.61 Å². The Morgan fingerprint density at radius 1 is 1.42 bits per heavy atom. The molecule has 19 heavy (non-hydrogen) atoms. The van der Waals surface area contributed by atoms with E-state index >= 15 is 0 Å². The van der Waals surface area contributed by atoms with Crippen LogP contribution < -0.4 is 15.8 Å². The van der Waals surface area contributed by atoms with Crippen LogP contribution in [0, 0.1) is 0 Å². The van der Waals surface area contributed by atoms with Gasteiger partial charge in [0.2, 0.25) is 5.95 Å². The maximum atomic E-state index is 5.70. The Bertz CT molecular complexity index is 370. The van der Waals surface area contributed by atoms with Crippen molar-refractivity contribution in [3.8, 4) is 5.75 Å². The van der Waals surface area contributed by atoms with Crippen molar-refractivity contribution in [1.29, 1.82) is 0 Å². The lowest BCUT2D eigenvalue weighted by molar-refractivity contribution is 0.0556. The van der Waals surface area contributed by atoms with E-state index < -0.39 is 0 Å². The molecule has 0 aliphatic rings. The quantitative estimate of drug-likeness (QED) is 0.667. The first kappa shape index (κ1) is 15.5. The molecule has 0 amide bonds. The van der Waals surface area contributed by atoms with Gasteiger partial charge in [0.05, 0.1) is 12.3 Å². The number of anilines is 2. The van der Waals surface area contributed by atoms with Gasteiger partial charge in [0.25, 0.3) is 0 Å². The number of nitrogens with one attached hydrogen (secondary N) is 1. The molecule has 1 aromatic heterocycles. The minimum absolute atomic E-state index is 0.0704. The lowest BCUT2D eigenvalue weighted by atomic mass is 10.3. The molecule has 0 saturated carbocycles. The van der Waals surface area contributed by atoms with Crippen LogP contribution in [0.5, 0.6) is 5.75 Å². The zero-order chi connectivity index (χ0) is 14.1. The van der Waals surface area contributed by atoms with Gasteiger partial charge in [-0.3, -0.25) is 0 Å². The summed E-state index contributed by atoms with van der Waals surface area (Å²) in [6.45, 7) is 5.50. The summed E-state index contributed by atoms with van der Waals surface area (Å²) in [7, 11) is 1.68. The van der Waals surface area contributed by atoms with E-state index in [1.807, 2.05) is 0 Å². The van der Waals surface area contributed by atoms with Crippen molar-refractivity contribution in [3.05, 3.63) is 6.20 Å². The molecule has 1 rings (SSSR count). The number of hydrogen-bond acceptors (Lipinski definition) is 6. The fraction of sp³-hybridized carbons (Fsp3) is 0.692. The van der Waals surface area contributed by atoms with Crippen LogP contribution in [-0.2, 0) is 4.74 Å². The fourth-order valence-corrected chi connectivity index (χ4v) is 1.54. The van der Waals surface area contributed by atoms with Crippen molar-refractivity contribution in [2.75, 3.05) is 31.3 Å². The van der Waals surface area contributed by atoms with E-state index in [1.54, 1.807) is 13.3 Å². The third kappa shape index (κ3) is 5.30. The molecule has 0 radical (unpaired) electrons. The lowest BCUT2D eigenvalue weighted by Gasteiger charge is -2.16. The third-order valence-corrected chi connectivity index (χ3v) is 2.81. The van der Waals surface area contributed by atoms with Crippen LogP contribution in [0.25, 0.3) is 0 Å². The highest BCUT2D eigenvalue weighted by Gasteiger charge is 2.10. The Morgan fingerprint density at radius 3 is 2.84 bits per heavy atom. The predicted molar refractivity (Wildman–Crippen MR) is 76.4 cm³/mol. The normalized spacial score (nSPS) is 12.2. The average molecular weight is 268 g/mol. The van der Waals surface area contributed by atoms with Crippen molar-refractivity contribution < 1.29 is 9.47 Å². The second-order valence-electron chi connectivity index (χ2n) is 4.30. The van der Waals surface area contributed by atoms with Gasteiger partial charge in [0.15, 0.2) is 11.6 Å². The van der Waals surface area contributed by atoms with Gasteiger partial charge in [0, 0.05) is 13.7 Å². The molecule has 1 aromatic rings. The van der Waals surface area contributed by atoms with Gasteiger partial charge in [-0.15, -0.1) is 0 Å². The molecule has 6 heteroatoms. The molecule has 0 aliphatic carbocycles. The van der Waals surface area contributed by atoms with Crippen LogP contribution in [0.2, 0.25) is 0 Å². The second kappa shape index (κ2) is 8.53. The Hall–Kier alpha value is -1.56. The lowest BCUT2D eigenvalue weighted by Crippen LogP contribution is -2.20. The highest BCUT2D eigenvalue weighted by Crippen LogP contribution is 2.22. The Morgan fingerprint density at radius 2 is 2.21 bits per heavy atom. The van der Waals surface area contributed by atoms with Crippen molar-refractivity contribution in [3.63, 3.8) is 0 Å². The first-order chi connectivity index (χ1) is 9.21. The highest BCUT2D eigenvalue weighted by atomic mass is 16.5. The van der Waals surface area contributed by atoms with Gasteiger partial charge in [-0.05, 0) is 12.8 Å². The average Bonchev–Trinajstić information content (AvgIpc) is 2.42. The number of nitrogens with zero attached hydrogens (tertiary/aromatic N) is 2. The summed E-state index contributed by atoms with van der Waals surface area (Å²) in [5.74, 6) is 1.50. The number of unbranched alkanes of at least 4 members (excludes halogenated alkanes) is 1. The highest BCUT2D eigenvalue weighted by molar-refractivity contribution is 5.51. The van der Waals surface area contributed by atoms with E-state index in [0.717, 1.165) is 25.8 Å². The number of ether oxygens (including phenoxy) is 2. The molecule has 108 valence electrons. The van der Waals surface area contributed by atoms with Gasteiger partial charge in [-0.2, -0.15) is 4.98 Å². The van der Waals surface area contributed by atoms with Crippen LogP contribution in [0.4, 0.5) is 11.8 Å². The van der Waals surface area contributed by atoms with Crippen molar-refractivity contribution >= 4 is 11.8 Å². The van der Waals surface area contributed by atoms with Gasteiger partial charge in [-0.25, -0.2) is 4.98 Å². The first-order valence-corrected chi connectivity index (χ1v) is 6.73. The summed E-state index contributed by atoms with van der Waals surface area (Å²) in [5, 5.41) is 3.22. The summed E-state index contributed by atoms with van der Waals surface area (Å²) in [6, 6.07) is 0. The summed E-state index contributed by atoms with van der Waals surface area (Å²) in [4.78, 5) is 8.12. The standard InChI is InChI=1S/C13H24N4O2/c1-4-6-7-15-12-11(8-16-13(14)17-12)19-9-10(5-2)18-3/h8,10H,4-7,9H2,1-3H3,(H3,14,15,16,17). The largest absolute Gasteiger partial charge is 0.485 e. The molecule has 0 bridgehead atoms. The number of nitrogen functional groups attached to an aromatic ring is 1. The van der Waals surface area contributed by atoms with Gasteiger partial charge >= 0.3 is 0 Å². The number of rotatable bonds is 9. The van der Waals surface area contributed by atoms with Crippen molar-refractivity contribution in [2.24, 2.45) is 0 Å². The molecule has 0 spiro atoms. The van der Waals surface area contributed by atoms with Crippen LogP contribution in [-0.4, -0.2) is 36.3 Å². The van der Waals surface area contributed by atoms with E-state index in [4.69, 9.17) is 15.2 Å². The van der Waals surface area contributed by atoms with E-state index in [9.17, 15) is 0 Å². The molecular formula is C13H24N4O2. The smallest absolute Gasteiger partial charge is 0.222 e. The molecule has 1 atom stereocenters. The maximum absolute atomic E-state index is 5.70. The summed E-state index contributed by atoms with van der Waals surface area (Å²) < 4.78 is 11.0. The number of hydrogen-bond donors (Lipinski definition) is 2. The molecule has 0 fully saturated rings. The van der Waals surface area contributed by atoms with Crippen LogP contribution in [0.15, 0.2) is 6.20 Å². The number of nitrogens with two attached hydrogens (primary N) is 1. The monoisotopic (exact) mass is 268 g/mol. The second-order valence-corrected chi connectivity index (χ2v) is 4.30. The molecule has 0 aromatic carbocycles. The minimum Gasteiger partial charge on any atom is -0.485 e. The third-order valence-electron chi connectivity index (χ3n) is 2.81. The molecule has 0 aliphatic heterocycles. The summed E-state index contributed by atoms with van der Waals surface area (Å²) >= 11 is 0. The SMILES string of the molecule is CCCCNc1nc(N)ncc1OCC(CC)OC. The summed E-state index contributed by atoms with van der Waals surface area (Å²) in [6.07, 6.45) is 4.75. The minimum atomic E-state index is 0.0704. The van der Waals surface area contributed by atoms with Crippen molar-refractivity contribution in [2.45, 2.75) is 39.2 Å². The number of methoxy groups -OCH3 is 1. The van der Waals surface area contributed by atoms with Crippen molar-refractivity contribution in [1.82, 2.24) is 9.97 Å². The van der Waals surface area contributed by atoms with E-state index in [1.165, 1.54) is 0 Å². The van der Waals surface area contributed by atoms with Crippen LogP contribution in [0.1, 0.15) is 33.1 Å². The zero-order valence-corrected chi connectivity index (χ0v) is 12.0. The van der Waals surface area contributed by atoms with E-state index in [-0.39, 0.29) is 12.1 Å². The van der Waals surface area contributed by atoms with Gasteiger partial charge in [-0.1, -0.05) is 20.3 Å². The Labute approximate surface area is 114 Å². The van der Waals surface area contributed by atoms with E-state index in [2.05, 4.69) is 29.1 Å². The van der Waals surface area contributed by atoms with Crippen LogP contribution in [0.3, 0.4) is 0 Å². The van der Waals surface area contributed by atoms with Gasteiger partial charge < -0.3 is 20.5 Å². The fourth-order valence-electron chi connectivity index (χ4n) is 1.54. The molecular weight excluding hydrogens is 244 g/mol. The predicted octanol–water partition coefficient (Wildman–Crippen LogP) is 2.07. The topological polar surface area (TPSA) is 82.3 Å². The maximum Gasteiger partial charge on any atom is 0.222 e. The molecule has 6 nitrogen and oxygen atoms in total. The van der Waals surface area contributed by atoms with E-state index in [0.29, 0.717) is 18.2 Å². The summed E-state index contributed by atoms with van der Waals surface area (Å²) in [5.41, 5.74) is 5.60. The zero-order valence-electron chi connectivity index (χ0n) is 12.0. The molecule has 0 saturated heterocycles. The first-order valence-electron chi connectivity index (χ1n) is 6.73. The molecule has 3 N–H and O–H groups in total.